The number of benzene rings is 1. The molecule has 2 heterocycles. The highest BCUT2D eigenvalue weighted by Crippen LogP contribution is 2.26. The van der Waals surface area contributed by atoms with E-state index in [-0.39, 0.29) is 23.8 Å². The lowest BCUT2D eigenvalue weighted by Crippen LogP contribution is -2.45. The van der Waals surface area contributed by atoms with Gasteiger partial charge < -0.3 is 15.0 Å². The minimum atomic E-state index is -0.274. The van der Waals surface area contributed by atoms with E-state index in [2.05, 4.69) is 5.32 Å². The maximum absolute atomic E-state index is 12.5. The number of nitrogens with one attached hydrogen (secondary N) is 1. The molecule has 6 heteroatoms. The lowest BCUT2D eigenvalue weighted by molar-refractivity contribution is -0.143. The van der Waals surface area contributed by atoms with Crippen molar-refractivity contribution in [1.29, 1.82) is 0 Å². The van der Waals surface area contributed by atoms with Crippen molar-refractivity contribution in [3.8, 4) is 0 Å². The van der Waals surface area contributed by atoms with Gasteiger partial charge in [-0.05, 0) is 50.3 Å². The molecule has 5 nitrogen and oxygen atoms in total. The van der Waals surface area contributed by atoms with Gasteiger partial charge in [0.25, 0.3) is 5.91 Å². The number of ether oxygens (including phenoxy) is 1. The normalized spacial score (nSPS) is 21.8. The van der Waals surface area contributed by atoms with Gasteiger partial charge in [-0.15, -0.1) is 0 Å². The molecule has 1 N–H and O–H groups in total. The summed E-state index contributed by atoms with van der Waals surface area (Å²) in [7, 11) is 0. The highest BCUT2D eigenvalue weighted by atomic mass is 35.5. The second-order valence-corrected chi connectivity index (χ2v) is 6.91. The molecular formula is C18H23ClN2O3. The van der Waals surface area contributed by atoms with E-state index in [1.54, 1.807) is 0 Å². The largest absolute Gasteiger partial charge is 0.368 e. The third-order valence-electron chi connectivity index (χ3n) is 4.91. The summed E-state index contributed by atoms with van der Waals surface area (Å²) in [5.74, 6) is 0.0125. The van der Waals surface area contributed by atoms with E-state index in [0.29, 0.717) is 37.6 Å². The number of carbonyl (C=O) groups excluding carboxylic acids is 2. The topological polar surface area (TPSA) is 58.6 Å². The Labute approximate surface area is 147 Å². The molecule has 1 aromatic carbocycles. The molecule has 1 unspecified atom stereocenters. The fourth-order valence-electron chi connectivity index (χ4n) is 3.32. The molecule has 0 aromatic heterocycles. The fraction of sp³-hybridized carbons (Fsp3) is 0.556. The molecule has 1 aromatic rings. The molecule has 0 bridgehead atoms. The molecule has 2 aliphatic heterocycles. The van der Waals surface area contributed by atoms with Crippen molar-refractivity contribution < 1.29 is 14.3 Å². The maximum Gasteiger partial charge on any atom is 0.251 e. The van der Waals surface area contributed by atoms with Crippen molar-refractivity contribution in [3.63, 3.8) is 0 Å². The van der Waals surface area contributed by atoms with Crippen LogP contribution in [-0.2, 0) is 14.3 Å². The van der Waals surface area contributed by atoms with E-state index in [4.69, 9.17) is 16.3 Å². The second-order valence-electron chi connectivity index (χ2n) is 6.50. The summed E-state index contributed by atoms with van der Waals surface area (Å²) in [6.07, 6.45) is 2.86. The molecule has 0 aliphatic carbocycles. The van der Waals surface area contributed by atoms with E-state index in [1.165, 1.54) is 0 Å². The van der Waals surface area contributed by atoms with Crippen molar-refractivity contribution in [3.05, 3.63) is 28.8 Å². The standard InChI is InChI=1S/C18H23ClN2O3/c1-12-14(19)4-2-5-15(12)20-17(22)13-7-9-21(10-8-13)18(23)16-6-3-11-24-16/h2,4-5,13,16H,3,6-11H2,1H3,(H,20,22). The summed E-state index contributed by atoms with van der Waals surface area (Å²) in [6, 6.07) is 5.49. The zero-order valence-corrected chi connectivity index (χ0v) is 14.6. The molecule has 3 rings (SSSR count). The van der Waals surface area contributed by atoms with Crippen LogP contribution in [-0.4, -0.2) is 42.5 Å². The second kappa shape index (κ2) is 7.53. The quantitative estimate of drug-likeness (QED) is 0.911. The number of hydrogen-bond acceptors (Lipinski definition) is 3. The smallest absolute Gasteiger partial charge is 0.251 e. The fourth-order valence-corrected chi connectivity index (χ4v) is 3.49. The first-order chi connectivity index (χ1) is 11.6. The van der Waals surface area contributed by atoms with Crippen molar-refractivity contribution in [2.45, 2.75) is 38.7 Å². The minimum absolute atomic E-state index is 0.00424. The third kappa shape index (κ3) is 3.73. The van der Waals surface area contributed by atoms with Gasteiger partial charge in [0.15, 0.2) is 0 Å². The highest BCUT2D eigenvalue weighted by molar-refractivity contribution is 6.31. The van der Waals surface area contributed by atoms with Crippen LogP contribution in [0.15, 0.2) is 18.2 Å². The van der Waals surface area contributed by atoms with Crippen LogP contribution in [0.4, 0.5) is 5.69 Å². The van der Waals surface area contributed by atoms with Gasteiger partial charge in [0.1, 0.15) is 6.10 Å². The summed E-state index contributed by atoms with van der Waals surface area (Å²) in [5.41, 5.74) is 1.63. The number of piperidine rings is 1. The average molecular weight is 351 g/mol. The molecule has 0 spiro atoms. The van der Waals surface area contributed by atoms with Crippen molar-refractivity contribution in [2.75, 3.05) is 25.0 Å². The van der Waals surface area contributed by atoms with E-state index in [9.17, 15) is 9.59 Å². The Morgan fingerprint density at radius 2 is 2.00 bits per heavy atom. The number of halogens is 1. The third-order valence-corrected chi connectivity index (χ3v) is 5.32. The Morgan fingerprint density at radius 3 is 2.67 bits per heavy atom. The molecule has 2 amide bonds. The summed E-state index contributed by atoms with van der Waals surface area (Å²) >= 11 is 6.09. The van der Waals surface area contributed by atoms with E-state index in [1.807, 2.05) is 30.0 Å². The van der Waals surface area contributed by atoms with Gasteiger partial charge in [-0.3, -0.25) is 9.59 Å². The van der Waals surface area contributed by atoms with Gasteiger partial charge in [0.2, 0.25) is 5.91 Å². The molecule has 130 valence electrons. The average Bonchev–Trinajstić information content (AvgIpc) is 3.13. The monoisotopic (exact) mass is 350 g/mol. The van der Waals surface area contributed by atoms with Crippen LogP contribution >= 0.6 is 11.6 Å². The lowest BCUT2D eigenvalue weighted by Gasteiger charge is -2.32. The van der Waals surface area contributed by atoms with Crippen molar-refractivity contribution in [2.24, 2.45) is 5.92 Å². The minimum Gasteiger partial charge on any atom is -0.368 e. The van der Waals surface area contributed by atoms with Crippen LogP contribution in [0.2, 0.25) is 5.02 Å². The van der Waals surface area contributed by atoms with Gasteiger partial charge in [-0.1, -0.05) is 17.7 Å². The Bertz CT molecular complexity index is 621. The summed E-state index contributed by atoms with van der Waals surface area (Å²) in [6.45, 7) is 3.80. The molecule has 0 radical (unpaired) electrons. The number of nitrogens with zero attached hydrogens (tertiary/aromatic N) is 1. The van der Waals surface area contributed by atoms with Crippen molar-refractivity contribution in [1.82, 2.24) is 4.90 Å². The molecule has 1 atom stereocenters. The van der Waals surface area contributed by atoms with Crippen LogP contribution in [0.5, 0.6) is 0 Å². The van der Waals surface area contributed by atoms with Crippen LogP contribution in [0, 0.1) is 12.8 Å². The molecular weight excluding hydrogens is 328 g/mol. The van der Waals surface area contributed by atoms with E-state index >= 15 is 0 Å². The highest BCUT2D eigenvalue weighted by Gasteiger charge is 2.32. The van der Waals surface area contributed by atoms with Gasteiger partial charge in [0, 0.05) is 36.3 Å². The van der Waals surface area contributed by atoms with Crippen LogP contribution < -0.4 is 5.32 Å². The Kier molecular flexibility index (Phi) is 5.41. The summed E-state index contributed by atoms with van der Waals surface area (Å²) < 4.78 is 5.46. The Balaban J connectivity index is 1.53. The lowest BCUT2D eigenvalue weighted by atomic mass is 9.95. The zero-order valence-electron chi connectivity index (χ0n) is 13.9. The SMILES string of the molecule is Cc1c(Cl)cccc1NC(=O)C1CCN(C(=O)C2CCCO2)CC1. The van der Waals surface area contributed by atoms with Crippen LogP contribution in [0.25, 0.3) is 0 Å². The van der Waals surface area contributed by atoms with Gasteiger partial charge >= 0.3 is 0 Å². The maximum atomic E-state index is 12.5. The summed E-state index contributed by atoms with van der Waals surface area (Å²) in [5, 5.41) is 3.61. The van der Waals surface area contributed by atoms with Gasteiger partial charge in [0.05, 0.1) is 0 Å². The first-order valence-electron chi connectivity index (χ1n) is 8.52. The zero-order chi connectivity index (χ0) is 17.1. The summed E-state index contributed by atoms with van der Waals surface area (Å²) in [4.78, 5) is 26.7. The van der Waals surface area contributed by atoms with Crippen LogP contribution in [0.1, 0.15) is 31.2 Å². The molecule has 24 heavy (non-hydrogen) atoms. The van der Waals surface area contributed by atoms with Crippen molar-refractivity contribution >= 4 is 29.1 Å². The first-order valence-corrected chi connectivity index (χ1v) is 8.90. The number of amides is 2. The van der Waals surface area contributed by atoms with E-state index < -0.39 is 0 Å². The molecule has 2 fully saturated rings. The Hall–Kier alpha value is -1.59. The molecule has 2 aliphatic rings. The predicted molar refractivity (Wildman–Crippen MR) is 93.1 cm³/mol. The number of hydrogen-bond donors (Lipinski definition) is 1. The number of likely N-dealkylation sites (tertiary alicyclic amines) is 1. The number of anilines is 1. The molecule has 2 saturated heterocycles. The van der Waals surface area contributed by atoms with Gasteiger partial charge in [-0.2, -0.15) is 0 Å². The van der Waals surface area contributed by atoms with Crippen LogP contribution in [0.3, 0.4) is 0 Å². The van der Waals surface area contributed by atoms with Gasteiger partial charge in [-0.25, -0.2) is 0 Å². The predicted octanol–water partition coefficient (Wildman–Crippen LogP) is 3.00. The number of carbonyl (C=O) groups is 2. The first kappa shape index (κ1) is 17.2. The molecule has 0 saturated carbocycles. The van der Waals surface area contributed by atoms with E-state index in [0.717, 1.165) is 24.1 Å². The number of rotatable bonds is 3. The Morgan fingerprint density at radius 1 is 1.25 bits per heavy atom.